The maximum Gasteiger partial charge on any atom is 0.250 e. The number of hydrogen-bond donors (Lipinski definition) is 0. The van der Waals surface area contributed by atoms with Crippen LogP contribution in [0.3, 0.4) is 0 Å². The first kappa shape index (κ1) is 16.7. The van der Waals surface area contributed by atoms with Gasteiger partial charge in [-0.15, -0.1) is 10.2 Å². The van der Waals surface area contributed by atoms with Crippen LogP contribution in [0.5, 0.6) is 11.5 Å². The summed E-state index contributed by atoms with van der Waals surface area (Å²) in [4.78, 5) is 5.78. The average Bonchev–Trinajstić information content (AvgIpc) is 3.38. The zero-order valence-corrected chi connectivity index (χ0v) is 14.7. The molecule has 0 aliphatic heterocycles. The number of methoxy groups -OCH3 is 2. The van der Waals surface area contributed by atoms with Crippen LogP contribution >= 0.6 is 0 Å². The molecule has 0 spiro atoms. The average molecular weight is 364 g/mol. The fraction of sp³-hybridized carbons (Fsp3) is 0.167. The number of ether oxygens (including phenoxy) is 2. The lowest BCUT2D eigenvalue weighted by Crippen LogP contribution is -2.04. The van der Waals surface area contributed by atoms with Crippen molar-refractivity contribution in [2.45, 2.75) is 6.54 Å². The van der Waals surface area contributed by atoms with Gasteiger partial charge in [0.2, 0.25) is 11.6 Å². The van der Waals surface area contributed by atoms with E-state index in [0.717, 1.165) is 16.9 Å². The Hall–Kier alpha value is -3.75. The predicted octanol–water partition coefficient (Wildman–Crippen LogP) is 2.46. The van der Waals surface area contributed by atoms with E-state index in [1.54, 1.807) is 14.2 Å². The number of aromatic nitrogens is 6. The van der Waals surface area contributed by atoms with Crippen molar-refractivity contribution >= 4 is 0 Å². The minimum Gasteiger partial charge on any atom is -0.497 e. The molecule has 136 valence electrons. The van der Waals surface area contributed by atoms with E-state index in [-0.39, 0.29) is 6.54 Å². The molecule has 2 heterocycles. The van der Waals surface area contributed by atoms with Crippen molar-refractivity contribution in [3.05, 3.63) is 54.4 Å². The maximum absolute atomic E-state index is 5.33. The van der Waals surface area contributed by atoms with Crippen molar-refractivity contribution in [3.63, 3.8) is 0 Å². The Morgan fingerprint density at radius 2 is 1.89 bits per heavy atom. The van der Waals surface area contributed by atoms with E-state index in [9.17, 15) is 0 Å². The summed E-state index contributed by atoms with van der Waals surface area (Å²) in [7, 11) is 3.21. The predicted molar refractivity (Wildman–Crippen MR) is 95.2 cm³/mol. The second-order valence-corrected chi connectivity index (χ2v) is 5.59. The lowest BCUT2D eigenvalue weighted by atomic mass is 10.2. The van der Waals surface area contributed by atoms with Crippen LogP contribution in [0.4, 0.5) is 0 Å². The van der Waals surface area contributed by atoms with Crippen molar-refractivity contribution in [1.82, 2.24) is 30.3 Å². The van der Waals surface area contributed by atoms with Gasteiger partial charge >= 0.3 is 0 Å². The Morgan fingerprint density at radius 3 is 2.74 bits per heavy atom. The van der Waals surface area contributed by atoms with Crippen LogP contribution in [0, 0.1) is 0 Å². The van der Waals surface area contributed by atoms with Crippen molar-refractivity contribution in [2.24, 2.45) is 0 Å². The van der Waals surface area contributed by atoms with E-state index in [2.05, 4.69) is 25.6 Å². The molecule has 0 saturated carbocycles. The molecular weight excluding hydrogens is 348 g/mol. The van der Waals surface area contributed by atoms with E-state index in [1.807, 2.05) is 48.5 Å². The summed E-state index contributed by atoms with van der Waals surface area (Å²) in [5.74, 6) is 2.69. The van der Waals surface area contributed by atoms with Crippen molar-refractivity contribution in [1.29, 1.82) is 0 Å². The Kier molecular flexibility index (Phi) is 4.48. The van der Waals surface area contributed by atoms with Gasteiger partial charge in [0, 0.05) is 5.56 Å². The van der Waals surface area contributed by atoms with Crippen LogP contribution in [-0.4, -0.2) is 44.6 Å². The van der Waals surface area contributed by atoms with Crippen molar-refractivity contribution in [3.8, 4) is 34.3 Å². The van der Waals surface area contributed by atoms with Gasteiger partial charge in [-0.3, -0.25) is 0 Å². The first-order chi connectivity index (χ1) is 13.3. The minimum absolute atomic E-state index is 0.207. The highest BCUT2D eigenvalue weighted by atomic mass is 16.5. The number of benzene rings is 2. The number of para-hydroxylation sites is 1. The second kappa shape index (κ2) is 7.24. The number of hydrogen-bond acceptors (Lipinski definition) is 8. The van der Waals surface area contributed by atoms with E-state index in [4.69, 9.17) is 14.0 Å². The van der Waals surface area contributed by atoms with Crippen molar-refractivity contribution in [2.75, 3.05) is 14.2 Å². The molecule has 9 nitrogen and oxygen atoms in total. The normalized spacial score (nSPS) is 10.7. The molecule has 2 aromatic heterocycles. The summed E-state index contributed by atoms with van der Waals surface area (Å²) >= 11 is 0. The Balaban J connectivity index is 1.54. The molecule has 4 aromatic rings. The molecule has 0 aliphatic carbocycles. The van der Waals surface area contributed by atoms with E-state index >= 15 is 0 Å². The molecule has 9 heteroatoms. The topological polar surface area (TPSA) is 101 Å². The van der Waals surface area contributed by atoms with Crippen molar-refractivity contribution < 1.29 is 14.0 Å². The quantitative estimate of drug-likeness (QED) is 0.514. The largest absolute Gasteiger partial charge is 0.497 e. The summed E-state index contributed by atoms with van der Waals surface area (Å²) in [6.07, 6.45) is 0. The maximum atomic E-state index is 5.33. The molecular formula is C18H16N6O3. The van der Waals surface area contributed by atoms with Gasteiger partial charge in [0.15, 0.2) is 0 Å². The smallest absolute Gasteiger partial charge is 0.250 e. The van der Waals surface area contributed by atoms with E-state index in [1.165, 1.54) is 4.80 Å². The summed E-state index contributed by atoms with van der Waals surface area (Å²) in [5.41, 5.74) is 1.56. The van der Waals surface area contributed by atoms with Crippen LogP contribution < -0.4 is 9.47 Å². The molecule has 0 aliphatic rings. The fourth-order valence-electron chi connectivity index (χ4n) is 2.57. The zero-order valence-electron chi connectivity index (χ0n) is 14.7. The standard InChI is InChI=1S/C18H16N6O3/c1-25-13-7-5-6-12(10-13)17-20-23-24(21-17)11-16-19-18(22-27-16)14-8-3-4-9-15(14)26-2/h3-10H,11H2,1-2H3. The first-order valence-corrected chi connectivity index (χ1v) is 8.15. The highest BCUT2D eigenvalue weighted by Crippen LogP contribution is 2.27. The van der Waals surface area contributed by atoms with Gasteiger partial charge in [0.05, 0.1) is 19.8 Å². The third-order valence-electron chi connectivity index (χ3n) is 3.87. The molecule has 0 radical (unpaired) electrons. The summed E-state index contributed by atoms with van der Waals surface area (Å²) < 4.78 is 15.9. The highest BCUT2D eigenvalue weighted by Gasteiger charge is 2.15. The van der Waals surface area contributed by atoms with Crippen LogP contribution in [0.2, 0.25) is 0 Å². The number of nitrogens with zero attached hydrogens (tertiary/aromatic N) is 6. The lowest BCUT2D eigenvalue weighted by Gasteiger charge is -2.02. The molecule has 0 atom stereocenters. The summed E-state index contributed by atoms with van der Waals surface area (Å²) in [5, 5.41) is 16.5. The lowest BCUT2D eigenvalue weighted by molar-refractivity contribution is 0.356. The van der Waals surface area contributed by atoms with Gasteiger partial charge < -0.3 is 14.0 Å². The Morgan fingerprint density at radius 1 is 1.00 bits per heavy atom. The van der Waals surface area contributed by atoms with Gasteiger partial charge in [-0.2, -0.15) is 9.78 Å². The number of rotatable bonds is 6. The molecule has 4 rings (SSSR count). The highest BCUT2D eigenvalue weighted by molar-refractivity contribution is 5.63. The monoisotopic (exact) mass is 364 g/mol. The number of tetrazole rings is 1. The molecule has 0 bridgehead atoms. The Labute approximate surface area is 154 Å². The Bertz CT molecular complexity index is 1060. The molecule has 0 N–H and O–H groups in total. The van der Waals surface area contributed by atoms with Gasteiger partial charge in [-0.1, -0.05) is 29.4 Å². The zero-order chi connectivity index (χ0) is 18.6. The minimum atomic E-state index is 0.207. The third kappa shape index (κ3) is 3.47. The van der Waals surface area contributed by atoms with E-state index < -0.39 is 0 Å². The van der Waals surface area contributed by atoms with E-state index in [0.29, 0.717) is 23.3 Å². The van der Waals surface area contributed by atoms with Crippen LogP contribution in [0.25, 0.3) is 22.8 Å². The van der Waals surface area contributed by atoms with Gasteiger partial charge in [-0.25, -0.2) is 0 Å². The fourth-order valence-corrected chi connectivity index (χ4v) is 2.57. The first-order valence-electron chi connectivity index (χ1n) is 8.15. The molecule has 0 unspecified atom stereocenters. The second-order valence-electron chi connectivity index (χ2n) is 5.59. The molecule has 0 amide bonds. The van der Waals surface area contributed by atoms with Crippen LogP contribution in [0.15, 0.2) is 53.1 Å². The molecule has 2 aromatic carbocycles. The third-order valence-corrected chi connectivity index (χ3v) is 3.87. The summed E-state index contributed by atoms with van der Waals surface area (Å²) in [6.45, 7) is 0.207. The SMILES string of the molecule is COc1cccc(-c2nnn(Cc3nc(-c4ccccc4OC)no3)n2)c1. The van der Waals surface area contributed by atoms with Gasteiger partial charge in [-0.05, 0) is 29.5 Å². The molecule has 27 heavy (non-hydrogen) atoms. The molecule has 0 fully saturated rings. The van der Waals surface area contributed by atoms with Crippen LogP contribution in [0.1, 0.15) is 5.89 Å². The molecule has 0 saturated heterocycles. The van der Waals surface area contributed by atoms with Crippen LogP contribution in [-0.2, 0) is 6.54 Å². The van der Waals surface area contributed by atoms with Gasteiger partial charge in [0.25, 0.3) is 5.89 Å². The van der Waals surface area contributed by atoms with Gasteiger partial charge in [0.1, 0.15) is 18.0 Å². The summed E-state index contributed by atoms with van der Waals surface area (Å²) in [6, 6.07) is 14.9.